The van der Waals surface area contributed by atoms with Crippen molar-refractivity contribution in [2.75, 3.05) is 25.6 Å². The van der Waals surface area contributed by atoms with Gasteiger partial charge in [-0.3, -0.25) is 10.1 Å². The van der Waals surface area contributed by atoms with Gasteiger partial charge in [0.2, 0.25) is 0 Å². The van der Waals surface area contributed by atoms with Gasteiger partial charge in [0.05, 0.1) is 24.7 Å². The van der Waals surface area contributed by atoms with Crippen molar-refractivity contribution in [2.45, 2.75) is 12.8 Å². The Morgan fingerprint density at radius 1 is 1.50 bits per heavy atom. The number of rotatable bonds is 6. The number of nitro groups is 1. The number of benzene rings is 1. The number of anilines is 1. The van der Waals surface area contributed by atoms with Crippen LogP contribution < -0.4 is 10.1 Å². The summed E-state index contributed by atoms with van der Waals surface area (Å²) in [7, 11) is 1.47. The highest BCUT2D eigenvalue weighted by molar-refractivity contribution is 5.56. The highest BCUT2D eigenvalue weighted by Crippen LogP contribution is 2.45. The van der Waals surface area contributed by atoms with E-state index >= 15 is 0 Å². The molecule has 0 radical (unpaired) electrons. The molecule has 1 fully saturated rings. The number of nitro benzene ring substituents is 1. The second-order valence-electron chi connectivity index (χ2n) is 4.69. The first-order valence-electron chi connectivity index (χ1n) is 5.77. The maximum atomic E-state index is 10.8. The van der Waals surface area contributed by atoms with Crippen molar-refractivity contribution in [3.05, 3.63) is 28.3 Å². The Morgan fingerprint density at radius 2 is 2.22 bits per heavy atom. The molecule has 98 valence electrons. The third kappa shape index (κ3) is 2.70. The van der Waals surface area contributed by atoms with Gasteiger partial charge in [0.25, 0.3) is 5.69 Å². The standard InChI is InChI=1S/C12H16N2O4/c1-18-11-5-9(4-10(6-11)14(16)17)13-7-12(8-15)2-3-12/h4-6,13,15H,2-3,7-8H2,1H3. The van der Waals surface area contributed by atoms with Crippen LogP contribution in [0.5, 0.6) is 5.75 Å². The summed E-state index contributed by atoms with van der Waals surface area (Å²) in [4.78, 5) is 10.3. The minimum absolute atomic E-state index is 0.00862. The van der Waals surface area contributed by atoms with Crippen LogP contribution in [0.15, 0.2) is 18.2 Å². The number of nitrogens with zero attached hydrogens (tertiary/aromatic N) is 1. The molecule has 1 saturated carbocycles. The van der Waals surface area contributed by atoms with Crippen molar-refractivity contribution in [1.82, 2.24) is 0 Å². The molecule has 0 bridgehead atoms. The quantitative estimate of drug-likeness (QED) is 0.595. The van der Waals surface area contributed by atoms with Gasteiger partial charge in [0, 0.05) is 29.8 Å². The summed E-state index contributed by atoms with van der Waals surface area (Å²) in [5.74, 6) is 0.445. The molecule has 0 atom stereocenters. The monoisotopic (exact) mass is 252 g/mol. The van der Waals surface area contributed by atoms with E-state index < -0.39 is 4.92 Å². The summed E-state index contributed by atoms with van der Waals surface area (Å²) in [6.07, 6.45) is 1.98. The van der Waals surface area contributed by atoms with Crippen LogP contribution in [0.25, 0.3) is 0 Å². The Bertz CT molecular complexity index is 457. The van der Waals surface area contributed by atoms with Crippen LogP contribution in [0, 0.1) is 15.5 Å². The molecular weight excluding hydrogens is 236 g/mol. The first kappa shape index (κ1) is 12.6. The lowest BCUT2D eigenvalue weighted by Gasteiger charge is -2.14. The number of ether oxygens (including phenoxy) is 1. The van der Waals surface area contributed by atoms with Crippen LogP contribution >= 0.6 is 0 Å². The zero-order valence-corrected chi connectivity index (χ0v) is 10.2. The van der Waals surface area contributed by atoms with Gasteiger partial charge in [-0.2, -0.15) is 0 Å². The number of non-ortho nitro benzene ring substituents is 1. The van der Waals surface area contributed by atoms with Gasteiger partial charge in [-0.25, -0.2) is 0 Å². The first-order chi connectivity index (χ1) is 8.58. The van der Waals surface area contributed by atoms with Crippen LogP contribution in [0.2, 0.25) is 0 Å². The smallest absolute Gasteiger partial charge is 0.275 e. The fourth-order valence-electron chi connectivity index (χ4n) is 1.77. The molecule has 1 aromatic rings. The maximum absolute atomic E-state index is 10.8. The van der Waals surface area contributed by atoms with Crippen molar-refractivity contribution in [3.8, 4) is 5.75 Å². The average Bonchev–Trinajstić information content (AvgIpc) is 3.16. The largest absolute Gasteiger partial charge is 0.496 e. The molecule has 0 heterocycles. The molecule has 0 saturated heterocycles. The maximum Gasteiger partial charge on any atom is 0.275 e. The molecule has 0 unspecified atom stereocenters. The van der Waals surface area contributed by atoms with E-state index in [-0.39, 0.29) is 17.7 Å². The highest BCUT2D eigenvalue weighted by atomic mass is 16.6. The summed E-state index contributed by atoms with van der Waals surface area (Å²) in [6, 6.07) is 4.56. The molecule has 2 N–H and O–H groups in total. The summed E-state index contributed by atoms with van der Waals surface area (Å²) < 4.78 is 5.03. The molecule has 1 aliphatic rings. The molecular formula is C12H16N2O4. The molecule has 0 amide bonds. The van der Waals surface area contributed by atoms with Gasteiger partial charge in [-0.15, -0.1) is 0 Å². The number of nitrogens with one attached hydrogen (secondary N) is 1. The van der Waals surface area contributed by atoms with E-state index in [0.717, 1.165) is 12.8 Å². The number of aliphatic hydroxyl groups excluding tert-OH is 1. The van der Waals surface area contributed by atoms with Crippen molar-refractivity contribution >= 4 is 11.4 Å². The van der Waals surface area contributed by atoms with E-state index in [9.17, 15) is 15.2 Å². The van der Waals surface area contributed by atoms with Gasteiger partial charge < -0.3 is 15.2 Å². The fourth-order valence-corrected chi connectivity index (χ4v) is 1.77. The van der Waals surface area contributed by atoms with Crippen LogP contribution in [-0.4, -0.2) is 30.3 Å². The minimum atomic E-state index is -0.452. The third-order valence-electron chi connectivity index (χ3n) is 3.30. The summed E-state index contributed by atoms with van der Waals surface area (Å²) in [6.45, 7) is 0.764. The van der Waals surface area contributed by atoms with Gasteiger partial charge in [0.15, 0.2) is 0 Å². The van der Waals surface area contributed by atoms with Crippen molar-refractivity contribution in [1.29, 1.82) is 0 Å². The Hall–Kier alpha value is -1.82. The van der Waals surface area contributed by atoms with Crippen LogP contribution in [0.4, 0.5) is 11.4 Å². The normalized spacial score (nSPS) is 16.1. The van der Waals surface area contributed by atoms with Crippen LogP contribution in [0.1, 0.15) is 12.8 Å². The van der Waals surface area contributed by atoms with E-state index in [2.05, 4.69) is 5.32 Å². The topological polar surface area (TPSA) is 84.6 Å². The summed E-state index contributed by atoms with van der Waals surface area (Å²) in [5.41, 5.74) is 0.587. The van der Waals surface area contributed by atoms with E-state index in [1.54, 1.807) is 6.07 Å². The zero-order valence-electron chi connectivity index (χ0n) is 10.2. The van der Waals surface area contributed by atoms with Gasteiger partial charge in [0.1, 0.15) is 5.75 Å². The lowest BCUT2D eigenvalue weighted by molar-refractivity contribution is -0.384. The highest BCUT2D eigenvalue weighted by Gasteiger charge is 2.41. The summed E-state index contributed by atoms with van der Waals surface area (Å²) >= 11 is 0. The zero-order chi connectivity index (χ0) is 13.2. The second kappa shape index (κ2) is 4.81. The minimum Gasteiger partial charge on any atom is -0.496 e. The molecule has 6 heteroatoms. The lowest BCUT2D eigenvalue weighted by atomic mass is 10.1. The first-order valence-corrected chi connectivity index (χ1v) is 5.77. The van der Waals surface area contributed by atoms with Gasteiger partial charge >= 0.3 is 0 Å². The molecule has 6 nitrogen and oxygen atoms in total. The number of hydrogen-bond acceptors (Lipinski definition) is 5. The predicted octanol–water partition coefficient (Wildman–Crippen LogP) is 1.79. The molecule has 18 heavy (non-hydrogen) atoms. The Kier molecular flexibility index (Phi) is 3.38. The predicted molar refractivity (Wildman–Crippen MR) is 66.9 cm³/mol. The molecule has 1 aromatic carbocycles. The number of hydrogen-bond donors (Lipinski definition) is 2. The van der Waals surface area contributed by atoms with Crippen molar-refractivity contribution in [2.24, 2.45) is 5.41 Å². The van der Waals surface area contributed by atoms with E-state index in [1.807, 2.05) is 0 Å². The Labute approximate surface area is 105 Å². The van der Waals surface area contributed by atoms with Gasteiger partial charge in [-0.05, 0) is 12.8 Å². The van der Waals surface area contributed by atoms with E-state index in [0.29, 0.717) is 18.0 Å². The fraction of sp³-hybridized carbons (Fsp3) is 0.500. The number of aliphatic hydroxyl groups is 1. The van der Waals surface area contributed by atoms with Crippen LogP contribution in [0.3, 0.4) is 0 Å². The summed E-state index contributed by atoms with van der Waals surface area (Å²) in [5, 5.41) is 23.1. The average molecular weight is 252 g/mol. The molecule has 0 spiro atoms. The third-order valence-corrected chi connectivity index (χ3v) is 3.30. The van der Waals surface area contributed by atoms with Crippen molar-refractivity contribution < 1.29 is 14.8 Å². The van der Waals surface area contributed by atoms with E-state index in [1.165, 1.54) is 19.2 Å². The van der Waals surface area contributed by atoms with Crippen LogP contribution in [-0.2, 0) is 0 Å². The SMILES string of the molecule is COc1cc(NCC2(CO)CC2)cc([N+](=O)[O-])c1. The number of methoxy groups -OCH3 is 1. The molecule has 1 aliphatic carbocycles. The van der Waals surface area contributed by atoms with Gasteiger partial charge in [-0.1, -0.05) is 0 Å². The molecule has 0 aromatic heterocycles. The Morgan fingerprint density at radius 3 is 2.72 bits per heavy atom. The molecule has 2 rings (SSSR count). The Balaban J connectivity index is 2.11. The molecule has 0 aliphatic heterocycles. The van der Waals surface area contributed by atoms with E-state index in [4.69, 9.17) is 4.74 Å². The van der Waals surface area contributed by atoms with Crippen molar-refractivity contribution in [3.63, 3.8) is 0 Å². The second-order valence-corrected chi connectivity index (χ2v) is 4.69. The lowest BCUT2D eigenvalue weighted by Crippen LogP contribution is -2.19.